The summed E-state index contributed by atoms with van der Waals surface area (Å²) in [7, 11) is -3.72. The van der Waals surface area contributed by atoms with Crippen LogP contribution in [0.3, 0.4) is 0 Å². The largest absolute Gasteiger partial charge is 0.340 e. The Balaban J connectivity index is 2.15. The van der Waals surface area contributed by atoms with Gasteiger partial charge in [0.05, 0.1) is 4.90 Å². The van der Waals surface area contributed by atoms with Crippen molar-refractivity contribution in [1.82, 2.24) is 14.9 Å². The zero-order valence-corrected chi connectivity index (χ0v) is 16.5. The third-order valence-corrected chi connectivity index (χ3v) is 6.32. The molecular formula is C17H27N3O3S2. The second kappa shape index (κ2) is 9.56. The van der Waals surface area contributed by atoms with Crippen molar-refractivity contribution in [3.05, 3.63) is 29.8 Å². The van der Waals surface area contributed by atoms with E-state index in [4.69, 9.17) is 0 Å². The van der Waals surface area contributed by atoms with E-state index in [9.17, 15) is 13.2 Å². The van der Waals surface area contributed by atoms with Crippen LogP contribution in [0.2, 0.25) is 0 Å². The molecule has 1 saturated heterocycles. The van der Waals surface area contributed by atoms with Crippen LogP contribution in [0.25, 0.3) is 0 Å². The lowest BCUT2D eigenvalue weighted by molar-refractivity contribution is -0.132. The van der Waals surface area contributed by atoms with Crippen molar-refractivity contribution < 1.29 is 13.2 Å². The van der Waals surface area contributed by atoms with Crippen molar-refractivity contribution in [2.75, 3.05) is 38.2 Å². The second-order valence-corrected chi connectivity index (χ2v) is 8.90. The van der Waals surface area contributed by atoms with Crippen LogP contribution in [0, 0.1) is 6.92 Å². The Morgan fingerprint density at radius 3 is 2.68 bits per heavy atom. The fourth-order valence-corrected chi connectivity index (χ4v) is 4.42. The van der Waals surface area contributed by atoms with Crippen LogP contribution >= 0.6 is 11.8 Å². The number of carbonyl (C=O) groups excluding carboxylic acids is 1. The first kappa shape index (κ1) is 20.2. The van der Waals surface area contributed by atoms with E-state index in [1.807, 2.05) is 13.2 Å². The molecular weight excluding hydrogens is 358 g/mol. The van der Waals surface area contributed by atoms with Gasteiger partial charge in [0, 0.05) is 19.6 Å². The van der Waals surface area contributed by atoms with Gasteiger partial charge < -0.3 is 10.2 Å². The van der Waals surface area contributed by atoms with Gasteiger partial charge in [-0.25, -0.2) is 8.42 Å². The SMILES string of the molecule is CSCCC(NS(=O)(=O)c1ccc(C)cc1)C(=O)N1CCCNCC1. The Bertz CT molecular complexity index is 654. The Kier molecular flexibility index (Phi) is 7.74. The molecule has 1 unspecified atom stereocenters. The number of thioether (sulfide) groups is 1. The Labute approximate surface area is 154 Å². The number of aryl methyl sites for hydroxylation is 1. The molecule has 1 aromatic rings. The van der Waals surface area contributed by atoms with E-state index in [2.05, 4.69) is 10.0 Å². The number of sulfonamides is 1. The summed E-state index contributed by atoms with van der Waals surface area (Å²) in [5.41, 5.74) is 0.992. The van der Waals surface area contributed by atoms with E-state index in [1.54, 1.807) is 40.9 Å². The summed E-state index contributed by atoms with van der Waals surface area (Å²) in [5.74, 6) is 0.590. The van der Waals surface area contributed by atoms with Crippen LogP contribution in [0.5, 0.6) is 0 Å². The molecule has 1 aliphatic heterocycles. The monoisotopic (exact) mass is 385 g/mol. The smallest absolute Gasteiger partial charge is 0.241 e. The average molecular weight is 386 g/mol. The maximum atomic E-state index is 12.9. The van der Waals surface area contributed by atoms with Gasteiger partial charge in [-0.05, 0) is 50.5 Å². The van der Waals surface area contributed by atoms with Crippen molar-refractivity contribution >= 4 is 27.7 Å². The molecule has 0 bridgehead atoms. The first-order valence-electron chi connectivity index (χ1n) is 8.51. The number of carbonyl (C=O) groups is 1. The van der Waals surface area contributed by atoms with Crippen LogP contribution < -0.4 is 10.0 Å². The van der Waals surface area contributed by atoms with Gasteiger partial charge in [-0.1, -0.05) is 17.7 Å². The lowest BCUT2D eigenvalue weighted by atomic mass is 10.2. The number of nitrogens with zero attached hydrogens (tertiary/aromatic N) is 1. The molecule has 2 rings (SSSR count). The number of amides is 1. The molecule has 1 atom stereocenters. The summed E-state index contributed by atoms with van der Waals surface area (Å²) in [4.78, 5) is 14.8. The van der Waals surface area contributed by atoms with Gasteiger partial charge in [0.15, 0.2) is 0 Å². The standard InChI is InChI=1S/C17H27N3O3S2/c1-14-4-6-15(7-5-14)25(22,23)19-16(8-13-24-2)17(21)20-11-3-9-18-10-12-20/h4-7,16,18-19H,3,8-13H2,1-2H3. The van der Waals surface area contributed by atoms with Gasteiger partial charge in [0.2, 0.25) is 15.9 Å². The molecule has 0 aliphatic carbocycles. The highest BCUT2D eigenvalue weighted by Crippen LogP contribution is 2.14. The fraction of sp³-hybridized carbons (Fsp3) is 0.588. The molecule has 1 aromatic carbocycles. The van der Waals surface area contributed by atoms with Crippen LogP contribution in [-0.4, -0.2) is 63.5 Å². The van der Waals surface area contributed by atoms with E-state index in [1.165, 1.54) is 0 Å². The highest BCUT2D eigenvalue weighted by Gasteiger charge is 2.29. The van der Waals surface area contributed by atoms with E-state index >= 15 is 0 Å². The number of hydrogen-bond acceptors (Lipinski definition) is 5. The molecule has 25 heavy (non-hydrogen) atoms. The zero-order valence-electron chi connectivity index (χ0n) is 14.8. The first-order chi connectivity index (χ1) is 11.9. The lowest BCUT2D eigenvalue weighted by Gasteiger charge is -2.26. The summed E-state index contributed by atoms with van der Waals surface area (Å²) >= 11 is 1.60. The molecule has 1 heterocycles. The molecule has 0 aromatic heterocycles. The van der Waals surface area contributed by atoms with Gasteiger partial charge in [0.25, 0.3) is 0 Å². The summed E-state index contributed by atoms with van der Waals surface area (Å²) in [6.07, 6.45) is 3.31. The normalized spacial score (nSPS) is 17.1. The Morgan fingerprint density at radius 1 is 1.28 bits per heavy atom. The van der Waals surface area contributed by atoms with Crippen molar-refractivity contribution in [2.24, 2.45) is 0 Å². The molecule has 0 spiro atoms. The molecule has 6 nitrogen and oxygen atoms in total. The Morgan fingerprint density at radius 2 is 2.00 bits per heavy atom. The summed E-state index contributed by atoms with van der Waals surface area (Å²) in [6, 6.07) is 5.94. The van der Waals surface area contributed by atoms with E-state index < -0.39 is 16.1 Å². The third kappa shape index (κ3) is 5.99. The molecule has 140 valence electrons. The van der Waals surface area contributed by atoms with Gasteiger partial charge in [-0.3, -0.25) is 4.79 Å². The third-order valence-electron chi connectivity index (χ3n) is 4.19. The minimum atomic E-state index is -3.72. The molecule has 8 heteroatoms. The van der Waals surface area contributed by atoms with Gasteiger partial charge in [-0.15, -0.1) is 0 Å². The predicted octanol–water partition coefficient (Wildman–Crippen LogP) is 1.22. The summed E-state index contributed by atoms with van der Waals surface area (Å²) < 4.78 is 28.0. The van der Waals surface area contributed by atoms with Crippen molar-refractivity contribution in [2.45, 2.75) is 30.7 Å². The number of rotatable bonds is 7. The van der Waals surface area contributed by atoms with Crippen molar-refractivity contribution in [3.8, 4) is 0 Å². The molecule has 1 aliphatic rings. The van der Waals surface area contributed by atoms with Crippen LogP contribution in [0.15, 0.2) is 29.2 Å². The van der Waals surface area contributed by atoms with Gasteiger partial charge >= 0.3 is 0 Å². The number of nitrogens with one attached hydrogen (secondary N) is 2. The first-order valence-corrected chi connectivity index (χ1v) is 11.4. The molecule has 2 N–H and O–H groups in total. The summed E-state index contributed by atoms with van der Waals surface area (Å²) in [6.45, 7) is 4.80. The van der Waals surface area contributed by atoms with E-state index in [0.717, 1.165) is 30.8 Å². The highest BCUT2D eigenvalue weighted by atomic mass is 32.2. The molecule has 0 saturated carbocycles. The quantitative estimate of drug-likeness (QED) is 0.738. The predicted molar refractivity (Wildman–Crippen MR) is 102 cm³/mol. The average Bonchev–Trinajstić information content (AvgIpc) is 2.87. The Hall–Kier alpha value is -1.09. The minimum Gasteiger partial charge on any atom is -0.340 e. The maximum Gasteiger partial charge on any atom is 0.241 e. The highest BCUT2D eigenvalue weighted by molar-refractivity contribution is 7.98. The van der Waals surface area contributed by atoms with Gasteiger partial charge in [0.1, 0.15) is 6.04 Å². The minimum absolute atomic E-state index is 0.131. The van der Waals surface area contributed by atoms with Crippen LogP contribution in [0.1, 0.15) is 18.4 Å². The molecule has 1 amide bonds. The van der Waals surface area contributed by atoms with Crippen LogP contribution in [0.4, 0.5) is 0 Å². The zero-order chi connectivity index (χ0) is 18.3. The lowest BCUT2D eigenvalue weighted by Crippen LogP contribution is -2.49. The number of hydrogen-bond donors (Lipinski definition) is 2. The van der Waals surface area contributed by atoms with E-state index in [-0.39, 0.29) is 10.8 Å². The molecule has 0 radical (unpaired) electrons. The number of benzene rings is 1. The van der Waals surface area contributed by atoms with Crippen LogP contribution in [-0.2, 0) is 14.8 Å². The second-order valence-electron chi connectivity index (χ2n) is 6.20. The fourth-order valence-electron chi connectivity index (χ4n) is 2.73. The summed E-state index contributed by atoms with van der Waals surface area (Å²) in [5, 5.41) is 3.26. The molecule has 1 fully saturated rings. The topological polar surface area (TPSA) is 78.5 Å². The van der Waals surface area contributed by atoms with Crippen molar-refractivity contribution in [1.29, 1.82) is 0 Å². The van der Waals surface area contributed by atoms with Gasteiger partial charge in [-0.2, -0.15) is 16.5 Å². The van der Waals surface area contributed by atoms with E-state index in [0.29, 0.717) is 19.5 Å². The maximum absolute atomic E-state index is 12.9. The van der Waals surface area contributed by atoms with Crippen molar-refractivity contribution in [3.63, 3.8) is 0 Å².